The van der Waals surface area contributed by atoms with Crippen molar-refractivity contribution < 1.29 is 13.2 Å². The Bertz CT molecular complexity index is 1200. The predicted octanol–water partition coefficient (Wildman–Crippen LogP) is 4.71. The third-order valence-corrected chi connectivity index (χ3v) is 8.94. The van der Waals surface area contributed by atoms with Gasteiger partial charge in [-0.15, -0.1) is 11.3 Å². The second-order valence-electron chi connectivity index (χ2n) is 7.45. The molecule has 2 heterocycles. The number of hydrogen-bond donors (Lipinski definition) is 0. The summed E-state index contributed by atoms with van der Waals surface area (Å²) in [5.74, 6) is 0.351. The zero-order valence-electron chi connectivity index (χ0n) is 17.6. The number of aromatic nitrogens is 1. The summed E-state index contributed by atoms with van der Waals surface area (Å²) >= 11 is 4.96. The number of ether oxygens (including phenoxy) is 1. The first-order valence-corrected chi connectivity index (χ1v) is 13.0. The standard InChI is InChI=1S/C22H24BrN3O3S2/c1-15-5-4-6-18(16(15)2)19-14-30-22(24-19)25-9-11-26(12-10-25)31(27,28)21-13-17(23)7-8-20(21)29-3/h4-8,13-14H,9-12H2,1-3H3. The van der Waals surface area contributed by atoms with Gasteiger partial charge < -0.3 is 9.64 Å². The number of aryl methyl sites for hydroxylation is 1. The quantitative estimate of drug-likeness (QED) is 0.486. The highest BCUT2D eigenvalue weighted by atomic mass is 79.9. The monoisotopic (exact) mass is 521 g/mol. The third kappa shape index (κ3) is 4.37. The molecule has 0 spiro atoms. The molecule has 0 bridgehead atoms. The second-order valence-corrected chi connectivity index (χ2v) is 11.1. The lowest BCUT2D eigenvalue weighted by molar-refractivity contribution is 0.374. The first-order valence-electron chi connectivity index (χ1n) is 9.92. The lowest BCUT2D eigenvalue weighted by Crippen LogP contribution is -2.48. The largest absolute Gasteiger partial charge is 0.495 e. The van der Waals surface area contributed by atoms with E-state index in [1.165, 1.54) is 22.5 Å². The lowest BCUT2D eigenvalue weighted by atomic mass is 10.0. The number of methoxy groups -OCH3 is 1. The molecule has 4 rings (SSSR count). The van der Waals surface area contributed by atoms with E-state index in [4.69, 9.17) is 9.72 Å². The highest BCUT2D eigenvalue weighted by molar-refractivity contribution is 9.10. The Morgan fingerprint density at radius 3 is 2.55 bits per heavy atom. The summed E-state index contributed by atoms with van der Waals surface area (Å²) in [6, 6.07) is 11.3. The fourth-order valence-corrected chi connectivity index (χ4v) is 6.67. The summed E-state index contributed by atoms with van der Waals surface area (Å²) in [5, 5.41) is 3.00. The summed E-state index contributed by atoms with van der Waals surface area (Å²) in [6.45, 7) is 6.20. The smallest absolute Gasteiger partial charge is 0.246 e. The van der Waals surface area contributed by atoms with Crippen molar-refractivity contribution in [3.63, 3.8) is 0 Å². The van der Waals surface area contributed by atoms with Gasteiger partial charge in [-0.25, -0.2) is 13.4 Å². The number of halogens is 1. The van der Waals surface area contributed by atoms with Gasteiger partial charge >= 0.3 is 0 Å². The van der Waals surface area contributed by atoms with Gasteiger partial charge in [-0.05, 0) is 43.2 Å². The molecule has 1 aliphatic rings. The molecular weight excluding hydrogens is 498 g/mol. The van der Waals surface area contributed by atoms with Crippen molar-refractivity contribution in [3.05, 3.63) is 57.4 Å². The normalized spacial score (nSPS) is 15.3. The third-order valence-electron chi connectivity index (χ3n) is 5.63. The van der Waals surface area contributed by atoms with Crippen LogP contribution < -0.4 is 9.64 Å². The van der Waals surface area contributed by atoms with Gasteiger partial charge in [0.05, 0.1) is 12.8 Å². The molecule has 1 aliphatic heterocycles. The summed E-state index contributed by atoms with van der Waals surface area (Å²) in [4.78, 5) is 7.18. The van der Waals surface area contributed by atoms with Gasteiger partial charge in [0, 0.05) is 41.6 Å². The number of thiazole rings is 1. The van der Waals surface area contributed by atoms with Crippen molar-refractivity contribution in [1.82, 2.24) is 9.29 Å². The molecule has 1 fully saturated rings. The number of rotatable bonds is 5. The number of sulfonamides is 1. The Morgan fingerprint density at radius 1 is 1.10 bits per heavy atom. The van der Waals surface area contributed by atoms with Crippen LogP contribution in [0.3, 0.4) is 0 Å². The summed E-state index contributed by atoms with van der Waals surface area (Å²) < 4.78 is 33.9. The number of anilines is 1. The van der Waals surface area contributed by atoms with Crippen molar-refractivity contribution in [2.24, 2.45) is 0 Å². The topological polar surface area (TPSA) is 62.7 Å². The molecule has 2 aromatic carbocycles. The van der Waals surface area contributed by atoms with Crippen molar-refractivity contribution in [2.45, 2.75) is 18.7 Å². The minimum atomic E-state index is -3.65. The van der Waals surface area contributed by atoms with Crippen LogP contribution in [0.1, 0.15) is 11.1 Å². The Hall–Kier alpha value is -1.94. The van der Waals surface area contributed by atoms with E-state index in [-0.39, 0.29) is 4.90 Å². The van der Waals surface area contributed by atoms with Gasteiger partial charge in [0.2, 0.25) is 10.0 Å². The molecule has 6 nitrogen and oxygen atoms in total. The number of piperazine rings is 1. The maximum absolute atomic E-state index is 13.2. The van der Waals surface area contributed by atoms with Crippen LogP contribution in [0.25, 0.3) is 11.3 Å². The van der Waals surface area contributed by atoms with Crippen LogP contribution in [0.4, 0.5) is 5.13 Å². The van der Waals surface area contributed by atoms with E-state index < -0.39 is 10.0 Å². The van der Waals surface area contributed by atoms with Crippen LogP contribution >= 0.6 is 27.3 Å². The van der Waals surface area contributed by atoms with Crippen LogP contribution in [0.2, 0.25) is 0 Å². The molecule has 0 amide bonds. The number of benzene rings is 2. The highest BCUT2D eigenvalue weighted by Gasteiger charge is 2.31. The molecule has 0 aliphatic carbocycles. The molecule has 0 saturated carbocycles. The minimum Gasteiger partial charge on any atom is -0.495 e. The molecule has 0 N–H and O–H groups in total. The molecule has 164 valence electrons. The summed E-state index contributed by atoms with van der Waals surface area (Å²) in [6.07, 6.45) is 0. The maximum atomic E-state index is 13.2. The van der Waals surface area contributed by atoms with Gasteiger partial charge in [0.25, 0.3) is 0 Å². The van der Waals surface area contributed by atoms with Crippen LogP contribution in [-0.4, -0.2) is 51.0 Å². The van der Waals surface area contributed by atoms with E-state index >= 15 is 0 Å². The van der Waals surface area contributed by atoms with Crippen LogP contribution in [0.15, 0.2) is 51.1 Å². The van der Waals surface area contributed by atoms with Gasteiger partial charge in [0.15, 0.2) is 5.13 Å². The summed E-state index contributed by atoms with van der Waals surface area (Å²) in [5.41, 5.74) is 4.59. The highest BCUT2D eigenvalue weighted by Crippen LogP contribution is 2.33. The van der Waals surface area contributed by atoms with Gasteiger partial charge in [-0.3, -0.25) is 0 Å². The van der Waals surface area contributed by atoms with Crippen molar-refractivity contribution in [3.8, 4) is 17.0 Å². The molecular formula is C22H24BrN3O3S2. The SMILES string of the molecule is COc1ccc(Br)cc1S(=O)(=O)N1CCN(c2nc(-c3cccc(C)c3C)cs2)CC1. The maximum Gasteiger partial charge on any atom is 0.246 e. The van der Waals surface area contributed by atoms with Gasteiger partial charge in [0.1, 0.15) is 10.6 Å². The molecule has 0 unspecified atom stereocenters. The molecule has 9 heteroatoms. The molecule has 0 radical (unpaired) electrons. The minimum absolute atomic E-state index is 0.185. The molecule has 3 aromatic rings. The fraction of sp³-hybridized carbons (Fsp3) is 0.318. The van der Waals surface area contributed by atoms with Crippen LogP contribution in [-0.2, 0) is 10.0 Å². The number of nitrogens with zero attached hydrogens (tertiary/aromatic N) is 3. The van der Waals surface area contributed by atoms with E-state index in [9.17, 15) is 8.42 Å². The molecule has 0 atom stereocenters. The second kappa shape index (κ2) is 8.90. The van der Waals surface area contributed by atoms with Crippen LogP contribution in [0, 0.1) is 13.8 Å². The Labute approximate surface area is 195 Å². The Balaban J connectivity index is 1.50. The van der Waals surface area contributed by atoms with Crippen molar-refractivity contribution in [1.29, 1.82) is 0 Å². The van der Waals surface area contributed by atoms with Gasteiger partial charge in [-0.2, -0.15) is 4.31 Å². The van der Waals surface area contributed by atoms with E-state index in [1.807, 2.05) is 0 Å². The summed E-state index contributed by atoms with van der Waals surface area (Å²) in [7, 11) is -2.16. The first-order chi connectivity index (χ1) is 14.8. The predicted molar refractivity (Wildman–Crippen MR) is 129 cm³/mol. The average molecular weight is 522 g/mol. The van der Waals surface area contributed by atoms with Crippen molar-refractivity contribution in [2.75, 3.05) is 38.2 Å². The average Bonchev–Trinajstić information content (AvgIpc) is 3.26. The van der Waals surface area contributed by atoms with Crippen LogP contribution in [0.5, 0.6) is 5.75 Å². The zero-order valence-corrected chi connectivity index (χ0v) is 20.8. The Kier molecular flexibility index (Phi) is 6.39. The molecule has 1 saturated heterocycles. The number of hydrogen-bond acceptors (Lipinski definition) is 6. The zero-order chi connectivity index (χ0) is 22.2. The van der Waals surface area contributed by atoms with E-state index in [0.29, 0.717) is 36.4 Å². The van der Waals surface area contributed by atoms with E-state index in [1.54, 1.807) is 29.5 Å². The van der Waals surface area contributed by atoms with E-state index in [2.05, 4.69) is 58.3 Å². The lowest BCUT2D eigenvalue weighted by Gasteiger charge is -2.34. The Morgan fingerprint density at radius 2 is 1.84 bits per heavy atom. The first kappa shape index (κ1) is 22.3. The van der Waals surface area contributed by atoms with Gasteiger partial charge in [-0.1, -0.05) is 34.1 Å². The van der Waals surface area contributed by atoms with E-state index in [0.717, 1.165) is 16.4 Å². The van der Waals surface area contributed by atoms with Crippen molar-refractivity contribution >= 4 is 42.4 Å². The molecule has 31 heavy (non-hydrogen) atoms. The molecule has 1 aromatic heterocycles. The fourth-order valence-electron chi connectivity index (χ4n) is 3.67.